The Labute approximate surface area is 105 Å². The normalized spacial score (nSPS) is 11.1. The van der Waals surface area contributed by atoms with Crippen molar-refractivity contribution < 1.29 is 27.6 Å². The zero-order valence-corrected chi connectivity index (χ0v) is 9.85. The second-order valence-corrected chi connectivity index (χ2v) is 3.76. The molecule has 0 saturated carbocycles. The minimum Gasteiger partial charge on any atom is -0.387 e. The van der Waals surface area contributed by atoms with Gasteiger partial charge in [-0.3, -0.25) is 14.9 Å². The number of hydrogen-bond acceptors (Lipinski definition) is 5. The molecule has 0 fully saturated rings. The lowest BCUT2D eigenvalue weighted by Gasteiger charge is -2.09. The van der Waals surface area contributed by atoms with Crippen LogP contribution in [0, 0.1) is 13.7 Å². The molecule has 0 saturated heterocycles. The maximum absolute atomic E-state index is 11.9. The van der Waals surface area contributed by atoms with E-state index in [2.05, 4.69) is 9.72 Å². The second kappa shape index (κ2) is 4.81. The average Bonchev–Trinajstić information content (AvgIpc) is 2.17. The molecular weight excluding hydrogens is 360 g/mol. The van der Waals surface area contributed by atoms with Gasteiger partial charge in [-0.25, -0.2) is 4.98 Å². The van der Waals surface area contributed by atoms with Crippen molar-refractivity contribution in [2.24, 2.45) is 0 Å². The van der Waals surface area contributed by atoms with Gasteiger partial charge in [-0.2, -0.15) is 0 Å². The SMILES string of the molecule is O=Cc1c(OC(F)(F)F)ncc(I)c1[N+](=O)[O-]. The second-order valence-electron chi connectivity index (χ2n) is 2.60. The fraction of sp³-hybridized carbons (Fsp3) is 0.143. The maximum Gasteiger partial charge on any atom is 0.574 e. The molecule has 0 atom stereocenters. The van der Waals surface area contributed by atoms with E-state index in [1.165, 1.54) is 22.6 Å². The van der Waals surface area contributed by atoms with Crippen LogP contribution in [0.4, 0.5) is 18.9 Å². The van der Waals surface area contributed by atoms with Crippen molar-refractivity contribution in [3.63, 3.8) is 0 Å². The van der Waals surface area contributed by atoms with E-state index in [9.17, 15) is 28.1 Å². The van der Waals surface area contributed by atoms with Crippen LogP contribution in [0.15, 0.2) is 6.20 Å². The Kier molecular flexibility index (Phi) is 3.85. The lowest BCUT2D eigenvalue weighted by atomic mass is 10.2. The Morgan fingerprint density at radius 2 is 2.12 bits per heavy atom. The molecular formula is C7H2F3IN2O4. The van der Waals surface area contributed by atoms with Crippen LogP contribution in [0.2, 0.25) is 0 Å². The average molecular weight is 362 g/mol. The summed E-state index contributed by atoms with van der Waals surface area (Å²) in [5.74, 6) is -1.14. The molecule has 0 spiro atoms. The predicted octanol–water partition coefficient (Wildman–Crippen LogP) is 2.31. The van der Waals surface area contributed by atoms with Crippen LogP contribution in [0.1, 0.15) is 10.4 Å². The molecule has 0 aliphatic heterocycles. The summed E-state index contributed by atoms with van der Waals surface area (Å²) in [7, 11) is 0. The number of rotatable bonds is 3. The van der Waals surface area contributed by atoms with E-state index in [0.29, 0.717) is 0 Å². The number of aldehydes is 1. The molecule has 10 heteroatoms. The van der Waals surface area contributed by atoms with Gasteiger partial charge in [0.1, 0.15) is 3.57 Å². The first kappa shape index (κ1) is 13.6. The van der Waals surface area contributed by atoms with Gasteiger partial charge in [0, 0.05) is 0 Å². The maximum atomic E-state index is 11.9. The number of nitro groups is 1. The summed E-state index contributed by atoms with van der Waals surface area (Å²) in [5, 5.41) is 10.6. The Morgan fingerprint density at radius 3 is 2.53 bits per heavy atom. The molecule has 92 valence electrons. The smallest absolute Gasteiger partial charge is 0.387 e. The molecule has 0 aromatic carbocycles. The summed E-state index contributed by atoms with van der Waals surface area (Å²) in [6.07, 6.45) is -4.37. The fourth-order valence-electron chi connectivity index (χ4n) is 0.959. The predicted molar refractivity (Wildman–Crippen MR) is 55.7 cm³/mol. The van der Waals surface area contributed by atoms with E-state index in [0.717, 1.165) is 6.20 Å². The van der Waals surface area contributed by atoms with Crippen molar-refractivity contribution in [1.29, 1.82) is 0 Å². The van der Waals surface area contributed by atoms with Gasteiger partial charge in [0.05, 0.1) is 11.1 Å². The molecule has 1 aromatic heterocycles. The number of halogens is 4. The number of carbonyl (C=O) groups excluding carboxylic acids is 1. The molecule has 17 heavy (non-hydrogen) atoms. The Balaban J connectivity index is 3.38. The van der Waals surface area contributed by atoms with Gasteiger partial charge in [0.15, 0.2) is 11.8 Å². The Morgan fingerprint density at radius 1 is 1.53 bits per heavy atom. The van der Waals surface area contributed by atoms with Crippen LogP contribution >= 0.6 is 22.6 Å². The lowest BCUT2D eigenvalue weighted by Crippen LogP contribution is -2.19. The first-order valence-electron chi connectivity index (χ1n) is 3.80. The van der Waals surface area contributed by atoms with Gasteiger partial charge in [-0.05, 0) is 22.6 Å². The van der Waals surface area contributed by atoms with E-state index in [4.69, 9.17) is 0 Å². The third-order valence-electron chi connectivity index (χ3n) is 1.52. The van der Waals surface area contributed by atoms with Crippen LogP contribution in [0.25, 0.3) is 0 Å². The van der Waals surface area contributed by atoms with Gasteiger partial charge in [-0.15, -0.1) is 13.2 Å². The van der Waals surface area contributed by atoms with E-state index in [1.807, 2.05) is 0 Å². The highest BCUT2D eigenvalue weighted by atomic mass is 127. The first-order chi connectivity index (χ1) is 7.76. The highest BCUT2D eigenvalue weighted by Gasteiger charge is 2.35. The first-order valence-corrected chi connectivity index (χ1v) is 4.88. The zero-order valence-electron chi connectivity index (χ0n) is 7.69. The third kappa shape index (κ3) is 3.25. The van der Waals surface area contributed by atoms with Crippen molar-refractivity contribution in [1.82, 2.24) is 4.98 Å². The fourth-order valence-corrected chi connectivity index (χ4v) is 1.59. The molecule has 1 rings (SSSR count). The minimum absolute atomic E-state index is 0.0655. The molecule has 0 unspecified atom stereocenters. The summed E-state index contributed by atoms with van der Waals surface area (Å²) < 4.78 is 39.2. The molecule has 0 N–H and O–H groups in total. The summed E-state index contributed by atoms with van der Waals surface area (Å²) in [6, 6.07) is 0. The van der Waals surface area contributed by atoms with E-state index < -0.39 is 28.4 Å². The van der Waals surface area contributed by atoms with Crippen LogP contribution in [-0.2, 0) is 0 Å². The van der Waals surface area contributed by atoms with Gasteiger partial charge >= 0.3 is 6.36 Å². The lowest BCUT2D eigenvalue weighted by molar-refractivity contribution is -0.386. The summed E-state index contributed by atoms with van der Waals surface area (Å²) >= 11 is 1.48. The van der Waals surface area contributed by atoms with E-state index >= 15 is 0 Å². The number of hydrogen-bond donors (Lipinski definition) is 0. The van der Waals surface area contributed by atoms with Crippen molar-refractivity contribution >= 4 is 34.6 Å². The summed E-state index contributed by atoms with van der Waals surface area (Å²) in [5.41, 5.74) is -1.62. The Bertz CT molecular complexity index is 477. The molecule has 0 aliphatic carbocycles. The Hall–Kier alpha value is -1.46. The number of carbonyl (C=O) groups is 1. The highest BCUT2D eigenvalue weighted by molar-refractivity contribution is 14.1. The molecule has 0 amide bonds. The summed E-state index contributed by atoms with van der Waals surface area (Å²) in [6.45, 7) is 0. The topological polar surface area (TPSA) is 82.3 Å². The van der Waals surface area contributed by atoms with Crippen LogP contribution in [-0.4, -0.2) is 22.6 Å². The number of pyridine rings is 1. The number of aromatic nitrogens is 1. The van der Waals surface area contributed by atoms with E-state index in [1.54, 1.807) is 0 Å². The largest absolute Gasteiger partial charge is 0.574 e. The zero-order chi connectivity index (χ0) is 13.2. The minimum atomic E-state index is -5.08. The van der Waals surface area contributed by atoms with Crippen LogP contribution in [0.5, 0.6) is 5.88 Å². The number of nitrogens with zero attached hydrogens (tertiary/aromatic N) is 2. The van der Waals surface area contributed by atoms with Gasteiger partial charge in [0.2, 0.25) is 5.88 Å². The van der Waals surface area contributed by atoms with Crippen LogP contribution in [0.3, 0.4) is 0 Å². The third-order valence-corrected chi connectivity index (χ3v) is 2.31. The van der Waals surface area contributed by atoms with Gasteiger partial charge in [0.25, 0.3) is 5.69 Å². The number of ether oxygens (including phenoxy) is 1. The van der Waals surface area contributed by atoms with E-state index in [-0.39, 0.29) is 9.86 Å². The molecule has 6 nitrogen and oxygen atoms in total. The molecule has 0 radical (unpaired) electrons. The van der Waals surface area contributed by atoms with Crippen molar-refractivity contribution in [2.75, 3.05) is 0 Å². The van der Waals surface area contributed by atoms with Crippen molar-refractivity contribution in [2.45, 2.75) is 6.36 Å². The standard InChI is InChI=1S/C7H2F3IN2O4/c8-7(9,10)17-6-3(2-14)5(13(15)16)4(11)1-12-6/h1-2H. The van der Waals surface area contributed by atoms with Crippen molar-refractivity contribution in [3.8, 4) is 5.88 Å². The molecule has 1 heterocycles. The monoisotopic (exact) mass is 362 g/mol. The number of alkyl halides is 3. The molecule has 0 aliphatic rings. The molecule has 0 bridgehead atoms. The highest BCUT2D eigenvalue weighted by Crippen LogP contribution is 2.32. The van der Waals surface area contributed by atoms with Crippen molar-refractivity contribution in [3.05, 3.63) is 25.4 Å². The molecule has 1 aromatic rings. The quantitative estimate of drug-likeness (QED) is 0.357. The summed E-state index contributed by atoms with van der Waals surface area (Å²) in [4.78, 5) is 23.4. The van der Waals surface area contributed by atoms with Gasteiger partial charge < -0.3 is 4.74 Å². The van der Waals surface area contributed by atoms with Gasteiger partial charge in [-0.1, -0.05) is 0 Å². The van der Waals surface area contributed by atoms with Crippen LogP contribution < -0.4 is 4.74 Å².